The average molecular weight is 305 g/mol. The number of rotatable bonds is 3. The maximum absolute atomic E-state index is 12.2. The molecule has 5 nitrogen and oxygen atoms in total. The zero-order chi connectivity index (χ0) is 14.7. The van der Waals surface area contributed by atoms with Crippen molar-refractivity contribution in [3.8, 4) is 0 Å². The summed E-state index contributed by atoms with van der Waals surface area (Å²) in [7, 11) is 0. The number of carbonyl (C=O) groups excluding carboxylic acids is 1. The summed E-state index contributed by atoms with van der Waals surface area (Å²) >= 11 is 5.99. The van der Waals surface area contributed by atoms with E-state index >= 15 is 0 Å². The SMILES string of the molecule is O=C(NCCn1cccn1)N1CCc2cc(Cl)ccc2C1. The number of halogens is 1. The summed E-state index contributed by atoms with van der Waals surface area (Å²) in [6.45, 7) is 2.62. The summed E-state index contributed by atoms with van der Waals surface area (Å²) in [6, 6.07) is 7.71. The lowest BCUT2D eigenvalue weighted by atomic mass is 10.0. The van der Waals surface area contributed by atoms with E-state index in [2.05, 4.69) is 10.4 Å². The number of carbonyl (C=O) groups is 1. The first-order chi connectivity index (χ1) is 10.2. The molecule has 0 saturated heterocycles. The number of urea groups is 1. The fourth-order valence-corrected chi connectivity index (χ4v) is 2.71. The third kappa shape index (κ3) is 3.36. The Labute approximate surface area is 128 Å². The van der Waals surface area contributed by atoms with E-state index in [1.54, 1.807) is 10.9 Å². The predicted molar refractivity (Wildman–Crippen MR) is 81.2 cm³/mol. The van der Waals surface area contributed by atoms with Crippen LogP contribution in [0.1, 0.15) is 11.1 Å². The van der Waals surface area contributed by atoms with Crippen LogP contribution in [0.25, 0.3) is 0 Å². The summed E-state index contributed by atoms with van der Waals surface area (Å²) in [5, 5.41) is 7.79. The van der Waals surface area contributed by atoms with Crippen molar-refractivity contribution in [2.75, 3.05) is 13.1 Å². The fraction of sp³-hybridized carbons (Fsp3) is 0.333. The van der Waals surface area contributed by atoms with Gasteiger partial charge in [0.25, 0.3) is 0 Å². The van der Waals surface area contributed by atoms with Crippen LogP contribution in [-0.4, -0.2) is 33.8 Å². The zero-order valence-corrected chi connectivity index (χ0v) is 12.4. The van der Waals surface area contributed by atoms with Crippen LogP contribution in [-0.2, 0) is 19.5 Å². The van der Waals surface area contributed by atoms with Gasteiger partial charge in [0.1, 0.15) is 0 Å². The quantitative estimate of drug-likeness (QED) is 0.946. The van der Waals surface area contributed by atoms with E-state index in [4.69, 9.17) is 11.6 Å². The molecular weight excluding hydrogens is 288 g/mol. The van der Waals surface area contributed by atoms with E-state index in [0.29, 0.717) is 19.6 Å². The standard InChI is InChI=1S/C15H17ClN4O/c16-14-3-2-13-11-19(8-4-12(13)10-14)15(21)17-6-9-20-7-1-5-18-20/h1-3,5,7,10H,4,6,8-9,11H2,(H,17,21). The molecule has 0 bridgehead atoms. The van der Waals surface area contributed by atoms with Crippen LogP contribution in [0, 0.1) is 0 Å². The molecule has 0 aliphatic carbocycles. The molecule has 0 atom stereocenters. The molecule has 1 aromatic carbocycles. The molecule has 1 N–H and O–H groups in total. The number of hydrogen-bond acceptors (Lipinski definition) is 2. The van der Waals surface area contributed by atoms with Crippen molar-refractivity contribution in [1.82, 2.24) is 20.0 Å². The second-order valence-corrected chi connectivity index (χ2v) is 5.52. The van der Waals surface area contributed by atoms with Crippen LogP contribution in [0.5, 0.6) is 0 Å². The minimum absolute atomic E-state index is 0.0252. The molecule has 6 heteroatoms. The molecule has 0 fully saturated rings. The Morgan fingerprint density at radius 3 is 3.10 bits per heavy atom. The van der Waals surface area contributed by atoms with Gasteiger partial charge in [-0.2, -0.15) is 5.10 Å². The summed E-state index contributed by atoms with van der Waals surface area (Å²) in [5.41, 5.74) is 2.41. The summed E-state index contributed by atoms with van der Waals surface area (Å²) < 4.78 is 1.80. The highest BCUT2D eigenvalue weighted by Crippen LogP contribution is 2.22. The first-order valence-electron chi connectivity index (χ1n) is 7.00. The molecule has 0 radical (unpaired) electrons. The normalized spacial score (nSPS) is 13.9. The van der Waals surface area contributed by atoms with Crippen LogP contribution < -0.4 is 5.32 Å². The van der Waals surface area contributed by atoms with Crippen molar-refractivity contribution in [2.45, 2.75) is 19.5 Å². The first kappa shape index (κ1) is 13.9. The second-order valence-electron chi connectivity index (χ2n) is 5.09. The molecule has 0 saturated carbocycles. The minimum Gasteiger partial charge on any atom is -0.336 e. The van der Waals surface area contributed by atoms with Gasteiger partial charge in [0, 0.05) is 37.1 Å². The minimum atomic E-state index is -0.0252. The number of fused-ring (bicyclic) bond motifs is 1. The van der Waals surface area contributed by atoms with Gasteiger partial charge in [0.15, 0.2) is 0 Å². The molecule has 2 heterocycles. The molecule has 0 unspecified atom stereocenters. The highest BCUT2D eigenvalue weighted by Gasteiger charge is 2.20. The lowest BCUT2D eigenvalue weighted by Gasteiger charge is -2.29. The number of benzene rings is 1. The first-order valence-corrected chi connectivity index (χ1v) is 7.38. The lowest BCUT2D eigenvalue weighted by molar-refractivity contribution is 0.192. The third-order valence-electron chi connectivity index (χ3n) is 3.64. The number of nitrogens with one attached hydrogen (secondary N) is 1. The number of aromatic nitrogens is 2. The van der Waals surface area contributed by atoms with E-state index in [9.17, 15) is 4.79 Å². The Bertz CT molecular complexity index is 627. The van der Waals surface area contributed by atoms with Gasteiger partial charge < -0.3 is 10.2 Å². The molecule has 2 aromatic rings. The number of amides is 2. The maximum atomic E-state index is 12.2. The van der Waals surface area contributed by atoms with E-state index < -0.39 is 0 Å². The summed E-state index contributed by atoms with van der Waals surface area (Å²) in [4.78, 5) is 14.0. The van der Waals surface area contributed by atoms with Crippen LogP contribution in [0.2, 0.25) is 5.02 Å². The van der Waals surface area contributed by atoms with Gasteiger partial charge in [-0.1, -0.05) is 17.7 Å². The van der Waals surface area contributed by atoms with Crippen molar-refractivity contribution < 1.29 is 4.79 Å². The van der Waals surface area contributed by atoms with Crippen molar-refractivity contribution in [2.24, 2.45) is 0 Å². The Kier molecular flexibility index (Phi) is 4.10. The summed E-state index contributed by atoms with van der Waals surface area (Å²) in [5.74, 6) is 0. The topological polar surface area (TPSA) is 50.2 Å². The fourth-order valence-electron chi connectivity index (χ4n) is 2.52. The van der Waals surface area contributed by atoms with E-state index in [1.807, 2.05) is 35.4 Å². The Hall–Kier alpha value is -2.01. The van der Waals surface area contributed by atoms with E-state index in [0.717, 1.165) is 18.0 Å². The molecule has 1 aromatic heterocycles. The van der Waals surface area contributed by atoms with Crippen LogP contribution in [0.3, 0.4) is 0 Å². The Balaban J connectivity index is 1.53. The van der Waals surface area contributed by atoms with Crippen molar-refractivity contribution in [3.05, 3.63) is 52.8 Å². The third-order valence-corrected chi connectivity index (χ3v) is 3.88. The van der Waals surface area contributed by atoms with Crippen LogP contribution in [0.15, 0.2) is 36.7 Å². The van der Waals surface area contributed by atoms with Gasteiger partial charge in [-0.25, -0.2) is 4.79 Å². The van der Waals surface area contributed by atoms with Gasteiger partial charge in [0.2, 0.25) is 0 Å². The number of hydrogen-bond donors (Lipinski definition) is 1. The molecule has 1 aliphatic rings. The van der Waals surface area contributed by atoms with Crippen molar-refractivity contribution in [3.63, 3.8) is 0 Å². The molecule has 2 amide bonds. The predicted octanol–water partition coefficient (Wildman–Crippen LogP) is 2.30. The zero-order valence-electron chi connectivity index (χ0n) is 11.6. The molecule has 0 spiro atoms. The van der Waals surface area contributed by atoms with Gasteiger partial charge in [-0.15, -0.1) is 0 Å². The Morgan fingerprint density at radius 2 is 2.29 bits per heavy atom. The molecule has 110 valence electrons. The van der Waals surface area contributed by atoms with Gasteiger partial charge >= 0.3 is 6.03 Å². The average Bonchev–Trinajstić information content (AvgIpc) is 3.00. The second kappa shape index (κ2) is 6.18. The maximum Gasteiger partial charge on any atom is 0.317 e. The van der Waals surface area contributed by atoms with E-state index in [-0.39, 0.29) is 6.03 Å². The van der Waals surface area contributed by atoms with Gasteiger partial charge in [-0.3, -0.25) is 4.68 Å². The molecule has 1 aliphatic heterocycles. The number of nitrogens with zero attached hydrogens (tertiary/aromatic N) is 3. The monoisotopic (exact) mass is 304 g/mol. The Morgan fingerprint density at radius 1 is 1.38 bits per heavy atom. The summed E-state index contributed by atoms with van der Waals surface area (Å²) in [6.07, 6.45) is 4.46. The molecular formula is C15H17ClN4O. The van der Waals surface area contributed by atoms with Crippen LogP contribution in [0.4, 0.5) is 4.79 Å². The van der Waals surface area contributed by atoms with Crippen molar-refractivity contribution in [1.29, 1.82) is 0 Å². The van der Waals surface area contributed by atoms with Gasteiger partial charge in [0.05, 0.1) is 6.54 Å². The largest absolute Gasteiger partial charge is 0.336 e. The highest BCUT2D eigenvalue weighted by atomic mass is 35.5. The van der Waals surface area contributed by atoms with E-state index in [1.165, 1.54) is 11.1 Å². The smallest absolute Gasteiger partial charge is 0.317 e. The van der Waals surface area contributed by atoms with Gasteiger partial charge in [-0.05, 0) is 35.7 Å². The lowest BCUT2D eigenvalue weighted by Crippen LogP contribution is -2.43. The van der Waals surface area contributed by atoms with Crippen molar-refractivity contribution >= 4 is 17.6 Å². The van der Waals surface area contributed by atoms with Crippen LogP contribution >= 0.6 is 11.6 Å². The molecule has 3 rings (SSSR count). The molecule has 21 heavy (non-hydrogen) atoms. The highest BCUT2D eigenvalue weighted by molar-refractivity contribution is 6.30.